The lowest BCUT2D eigenvalue weighted by Gasteiger charge is -2.04. The molecule has 0 atom stereocenters. The standard InChI is InChI=1S/C23H21N3O3S/c1-2-3-13-29-18-11-9-17(10-12-18)15-20-22(28)26-23(30-20)24-21(27)19(25-26)14-16-7-5-4-6-8-16/h4-12,15H,2-3,13-14H2,1H3. The fourth-order valence-electron chi connectivity index (χ4n) is 2.99. The fourth-order valence-corrected chi connectivity index (χ4v) is 3.89. The number of hydrogen-bond donors (Lipinski definition) is 0. The molecular weight excluding hydrogens is 398 g/mol. The van der Waals surface area contributed by atoms with Crippen molar-refractivity contribution >= 4 is 22.4 Å². The van der Waals surface area contributed by atoms with Crippen LogP contribution in [-0.2, 0) is 6.42 Å². The highest BCUT2D eigenvalue weighted by Gasteiger charge is 2.11. The van der Waals surface area contributed by atoms with Crippen molar-refractivity contribution in [3.8, 4) is 5.75 Å². The highest BCUT2D eigenvalue weighted by molar-refractivity contribution is 7.15. The van der Waals surface area contributed by atoms with Crippen LogP contribution in [0.2, 0.25) is 0 Å². The summed E-state index contributed by atoms with van der Waals surface area (Å²) in [5, 5.41) is 4.29. The number of benzene rings is 2. The molecule has 7 heteroatoms. The molecule has 0 fully saturated rings. The summed E-state index contributed by atoms with van der Waals surface area (Å²) in [5.41, 5.74) is 1.39. The maximum absolute atomic E-state index is 12.8. The molecule has 2 aromatic heterocycles. The van der Waals surface area contributed by atoms with Crippen LogP contribution in [0, 0.1) is 0 Å². The molecule has 30 heavy (non-hydrogen) atoms. The van der Waals surface area contributed by atoms with Gasteiger partial charge >= 0.3 is 0 Å². The Labute approximate surface area is 177 Å². The van der Waals surface area contributed by atoms with Gasteiger partial charge in [-0.3, -0.25) is 9.59 Å². The first kappa shape index (κ1) is 20.0. The number of thiazole rings is 1. The molecule has 2 heterocycles. The molecule has 0 amide bonds. The molecule has 0 unspecified atom stereocenters. The van der Waals surface area contributed by atoms with E-state index in [1.54, 1.807) is 6.08 Å². The van der Waals surface area contributed by atoms with Crippen molar-refractivity contribution < 1.29 is 4.74 Å². The zero-order valence-electron chi connectivity index (χ0n) is 16.6. The first-order valence-corrected chi connectivity index (χ1v) is 10.7. The van der Waals surface area contributed by atoms with Gasteiger partial charge in [0, 0.05) is 6.42 Å². The lowest BCUT2D eigenvalue weighted by Crippen LogP contribution is -2.28. The second kappa shape index (κ2) is 9.00. The van der Waals surface area contributed by atoms with Gasteiger partial charge < -0.3 is 4.74 Å². The molecule has 0 spiro atoms. The molecule has 0 radical (unpaired) electrons. The van der Waals surface area contributed by atoms with Gasteiger partial charge in [0.1, 0.15) is 11.4 Å². The molecule has 0 saturated heterocycles. The van der Waals surface area contributed by atoms with Crippen molar-refractivity contribution in [3.63, 3.8) is 0 Å². The van der Waals surface area contributed by atoms with E-state index in [2.05, 4.69) is 17.0 Å². The average molecular weight is 420 g/mol. The summed E-state index contributed by atoms with van der Waals surface area (Å²) in [6.07, 6.45) is 4.21. The lowest BCUT2D eigenvalue weighted by atomic mass is 10.1. The van der Waals surface area contributed by atoms with E-state index in [9.17, 15) is 9.59 Å². The third-order valence-corrected chi connectivity index (χ3v) is 5.57. The predicted octanol–water partition coefficient (Wildman–Crippen LogP) is 2.83. The van der Waals surface area contributed by atoms with Crippen molar-refractivity contribution in [3.05, 3.63) is 96.7 Å². The minimum atomic E-state index is -0.403. The van der Waals surface area contributed by atoms with Gasteiger partial charge in [0.25, 0.3) is 11.1 Å². The molecule has 0 aliphatic heterocycles. The zero-order chi connectivity index (χ0) is 20.9. The molecule has 4 rings (SSSR count). The third-order valence-electron chi connectivity index (χ3n) is 4.61. The summed E-state index contributed by atoms with van der Waals surface area (Å²) in [5.74, 6) is 0.804. The van der Waals surface area contributed by atoms with Crippen molar-refractivity contribution in [2.45, 2.75) is 26.2 Å². The second-order valence-electron chi connectivity index (χ2n) is 6.91. The van der Waals surface area contributed by atoms with Crippen molar-refractivity contribution in [1.82, 2.24) is 14.6 Å². The topological polar surface area (TPSA) is 73.6 Å². The minimum Gasteiger partial charge on any atom is -0.494 e. The summed E-state index contributed by atoms with van der Waals surface area (Å²) in [7, 11) is 0. The normalized spacial score (nSPS) is 11.8. The number of fused-ring (bicyclic) bond motifs is 1. The van der Waals surface area contributed by atoms with E-state index in [1.165, 1.54) is 4.52 Å². The summed E-state index contributed by atoms with van der Waals surface area (Å²) >= 11 is 1.16. The number of ether oxygens (including phenoxy) is 1. The predicted molar refractivity (Wildman–Crippen MR) is 118 cm³/mol. The Hall–Kier alpha value is -3.32. The van der Waals surface area contributed by atoms with Crippen LogP contribution < -0.4 is 20.4 Å². The van der Waals surface area contributed by atoms with E-state index in [0.717, 1.165) is 41.1 Å². The smallest absolute Gasteiger partial charge is 0.296 e. The SMILES string of the molecule is CCCCOc1ccc(C=c2sc3nc(=O)c(Cc4ccccc4)nn3c2=O)cc1. The molecule has 0 bridgehead atoms. The van der Waals surface area contributed by atoms with Gasteiger partial charge in [-0.15, -0.1) is 0 Å². The van der Waals surface area contributed by atoms with Crippen molar-refractivity contribution in [2.75, 3.05) is 6.61 Å². The van der Waals surface area contributed by atoms with Crippen LogP contribution in [0.3, 0.4) is 0 Å². The van der Waals surface area contributed by atoms with Crippen LogP contribution in [0.1, 0.15) is 36.6 Å². The molecule has 4 aromatic rings. The summed E-state index contributed by atoms with van der Waals surface area (Å²) < 4.78 is 7.37. The van der Waals surface area contributed by atoms with Gasteiger partial charge in [-0.25, -0.2) is 0 Å². The first-order chi connectivity index (χ1) is 14.6. The van der Waals surface area contributed by atoms with E-state index < -0.39 is 5.56 Å². The van der Waals surface area contributed by atoms with E-state index in [1.807, 2.05) is 54.6 Å². The molecule has 6 nitrogen and oxygen atoms in total. The van der Waals surface area contributed by atoms with E-state index in [0.29, 0.717) is 22.5 Å². The van der Waals surface area contributed by atoms with E-state index >= 15 is 0 Å². The van der Waals surface area contributed by atoms with Crippen LogP contribution in [0.15, 0.2) is 64.2 Å². The molecule has 152 valence electrons. The van der Waals surface area contributed by atoms with Gasteiger partial charge in [0.05, 0.1) is 11.1 Å². The van der Waals surface area contributed by atoms with E-state index in [-0.39, 0.29) is 11.3 Å². The molecule has 0 N–H and O–H groups in total. The number of hydrogen-bond acceptors (Lipinski definition) is 6. The van der Waals surface area contributed by atoms with Crippen LogP contribution in [0.25, 0.3) is 11.0 Å². The zero-order valence-corrected chi connectivity index (χ0v) is 17.4. The first-order valence-electron chi connectivity index (χ1n) is 9.85. The van der Waals surface area contributed by atoms with Crippen molar-refractivity contribution in [1.29, 1.82) is 0 Å². The molecule has 0 aliphatic rings. The monoisotopic (exact) mass is 419 g/mol. The fraction of sp³-hybridized carbons (Fsp3) is 0.217. The van der Waals surface area contributed by atoms with Crippen molar-refractivity contribution in [2.24, 2.45) is 0 Å². The maximum Gasteiger partial charge on any atom is 0.296 e. The maximum atomic E-state index is 12.8. The number of aromatic nitrogens is 3. The highest BCUT2D eigenvalue weighted by atomic mass is 32.1. The van der Waals surface area contributed by atoms with Crippen LogP contribution in [0.4, 0.5) is 0 Å². The Morgan fingerprint density at radius 2 is 1.83 bits per heavy atom. The second-order valence-corrected chi connectivity index (χ2v) is 7.92. The summed E-state index contributed by atoms with van der Waals surface area (Å²) in [4.78, 5) is 29.5. The Morgan fingerprint density at radius 1 is 1.07 bits per heavy atom. The average Bonchev–Trinajstić information content (AvgIpc) is 3.05. The molecule has 2 aromatic carbocycles. The highest BCUT2D eigenvalue weighted by Crippen LogP contribution is 2.13. The van der Waals surface area contributed by atoms with Gasteiger partial charge in [-0.1, -0.05) is 67.1 Å². The van der Waals surface area contributed by atoms with Crippen LogP contribution in [0.5, 0.6) is 5.75 Å². The summed E-state index contributed by atoms with van der Waals surface area (Å²) in [6, 6.07) is 17.1. The van der Waals surface area contributed by atoms with E-state index in [4.69, 9.17) is 4.74 Å². The van der Waals surface area contributed by atoms with Gasteiger partial charge in [0.2, 0.25) is 4.96 Å². The minimum absolute atomic E-state index is 0.258. The van der Waals surface area contributed by atoms with Crippen LogP contribution in [-0.4, -0.2) is 21.2 Å². The van der Waals surface area contributed by atoms with Gasteiger partial charge in [-0.05, 0) is 35.8 Å². The number of unbranched alkanes of at least 4 members (excludes halogenated alkanes) is 1. The number of rotatable bonds is 7. The van der Waals surface area contributed by atoms with Gasteiger partial charge in [0.15, 0.2) is 0 Å². The largest absolute Gasteiger partial charge is 0.494 e. The molecule has 0 aliphatic carbocycles. The summed E-state index contributed by atoms with van der Waals surface area (Å²) in [6.45, 7) is 2.81. The molecule has 0 saturated carbocycles. The Bertz CT molecular complexity index is 1310. The third kappa shape index (κ3) is 4.46. The van der Waals surface area contributed by atoms with Crippen LogP contribution >= 0.6 is 11.3 Å². The Balaban J connectivity index is 1.64. The lowest BCUT2D eigenvalue weighted by molar-refractivity contribution is 0.309. The Kier molecular flexibility index (Phi) is 5.99. The van der Waals surface area contributed by atoms with Gasteiger partial charge in [-0.2, -0.15) is 14.6 Å². The molecular formula is C23H21N3O3S. The number of nitrogens with zero attached hydrogens (tertiary/aromatic N) is 3. The quantitative estimate of drug-likeness (QED) is 0.431. The Morgan fingerprint density at radius 3 is 2.57 bits per heavy atom.